The summed E-state index contributed by atoms with van der Waals surface area (Å²) < 4.78 is 18.0. The van der Waals surface area contributed by atoms with Gasteiger partial charge in [-0.25, -0.2) is 0 Å². The van der Waals surface area contributed by atoms with Gasteiger partial charge in [0.1, 0.15) is 0 Å². The van der Waals surface area contributed by atoms with Crippen LogP contribution in [0.1, 0.15) is 0 Å². The van der Waals surface area contributed by atoms with E-state index >= 15 is 4.57 Å². The topological polar surface area (TPSA) is 17.1 Å². The Hall–Kier alpha value is -4.23. The Bertz CT molecular complexity index is 2200. The highest BCUT2D eigenvalue weighted by Gasteiger charge is 2.32. The molecule has 0 atom stereocenters. The minimum atomic E-state index is -3.17. The predicted molar refractivity (Wildman–Crippen MR) is 171 cm³/mol. The van der Waals surface area contributed by atoms with E-state index in [9.17, 15) is 0 Å². The molecule has 1 nitrogen and oxygen atoms in total. The molecule has 0 saturated carbocycles. The molecule has 8 aromatic rings. The standard InChI is InChI=1S/C36H23OPS/c37-38(27-11-3-1-4-12-27,28-13-5-2-6-14-28)30-16-9-17-31-35(30)36-32(39-31)23-22-26-21-20-25-19-18-24-10-7-8-15-29(24)33(25)34(26)36/h1-23H. The second kappa shape index (κ2) is 8.64. The van der Waals surface area contributed by atoms with E-state index in [1.807, 2.05) is 60.7 Å². The molecule has 0 aliphatic rings. The Morgan fingerprint density at radius 2 is 0.974 bits per heavy atom. The summed E-state index contributed by atoms with van der Waals surface area (Å²) in [6.07, 6.45) is 0. The van der Waals surface area contributed by atoms with Crippen molar-refractivity contribution in [3.05, 3.63) is 140 Å². The normalized spacial score (nSPS) is 12.2. The molecular formula is C36H23OPS. The maximum atomic E-state index is 15.6. The summed E-state index contributed by atoms with van der Waals surface area (Å²) in [6, 6.07) is 48.4. The van der Waals surface area contributed by atoms with E-state index in [1.165, 1.54) is 47.1 Å². The summed E-state index contributed by atoms with van der Waals surface area (Å²) in [7, 11) is -3.17. The highest BCUT2D eigenvalue weighted by Crippen LogP contribution is 2.49. The molecule has 8 rings (SSSR count). The van der Waals surface area contributed by atoms with Crippen LogP contribution in [0.15, 0.2) is 140 Å². The van der Waals surface area contributed by atoms with Gasteiger partial charge in [-0.1, -0.05) is 127 Å². The van der Waals surface area contributed by atoms with Crippen molar-refractivity contribution < 1.29 is 4.57 Å². The van der Waals surface area contributed by atoms with E-state index < -0.39 is 7.14 Å². The van der Waals surface area contributed by atoms with Gasteiger partial charge in [0.05, 0.1) is 0 Å². The Morgan fingerprint density at radius 1 is 0.410 bits per heavy atom. The third-order valence-electron chi connectivity index (χ3n) is 7.91. The quantitative estimate of drug-likeness (QED) is 0.163. The van der Waals surface area contributed by atoms with Crippen LogP contribution < -0.4 is 15.9 Å². The van der Waals surface area contributed by atoms with Crippen LogP contribution in [0.25, 0.3) is 52.5 Å². The lowest BCUT2D eigenvalue weighted by molar-refractivity contribution is 0.592. The van der Waals surface area contributed by atoms with Crippen molar-refractivity contribution in [2.24, 2.45) is 0 Å². The van der Waals surface area contributed by atoms with Crippen LogP contribution in [0.2, 0.25) is 0 Å². The summed E-state index contributed by atoms with van der Waals surface area (Å²) in [5, 5.41) is 12.4. The first-order chi connectivity index (χ1) is 19.2. The van der Waals surface area contributed by atoms with Gasteiger partial charge in [-0.3, -0.25) is 0 Å². The van der Waals surface area contributed by atoms with E-state index in [-0.39, 0.29) is 0 Å². The van der Waals surface area contributed by atoms with E-state index in [0.29, 0.717) is 0 Å². The molecule has 0 aliphatic carbocycles. The van der Waals surface area contributed by atoms with Crippen molar-refractivity contribution in [2.45, 2.75) is 0 Å². The summed E-state index contributed by atoms with van der Waals surface area (Å²) in [6.45, 7) is 0. The maximum Gasteiger partial charge on any atom is 0.171 e. The van der Waals surface area contributed by atoms with Gasteiger partial charge in [-0.05, 0) is 44.5 Å². The van der Waals surface area contributed by atoms with Crippen LogP contribution in [0.5, 0.6) is 0 Å². The van der Waals surface area contributed by atoms with Gasteiger partial charge < -0.3 is 4.57 Å². The number of rotatable bonds is 3. The van der Waals surface area contributed by atoms with Crippen molar-refractivity contribution in [2.75, 3.05) is 0 Å². The van der Waals surface area contributed by atoms with Crippen LogP contribution in [-0.4, -0.2) is 0 Å². The molecule has 1 aromatic heterocycles. The third-order valence-corrected chi connectivity index (χ3v) is 12.1. The van der Waals surface area contributed by atoms with E-state index in [0.717, 1.165) is 21.3 Å². The van der Waals surface area contributed by atoms with E-state index in [2.05, 4.69) is 78.9 Å². The molecule has 0 bridgehead atoms. The van der Waals surface area contributed by atoms with E-state index in [1.54, 1.807) is 11.3 Å². The lowest BCUT2D eigenvalue weighted by Gasteiger charge is -2.21. The third kappa shape index (κ3) is 3.29. The van der Waals surface area contributed by atoms with Gasteiger partial charge in [-0.2, -0.15) is 0 Å². The Labute approximate surface area is 230 Å². The fourth-order valence-corrected chi connectivity index (χ4v) is 10.3. The average Bonchev–Trinajstić information content (AvgIpc) is 3.40. The average molecular weight is 535 g/mol. The molecule has 0 fully saturated rings. The van der Waals surface area contributed by atoms with Gasteiger partial charge in [-0.15, -0.1) is 11.3 Å². The molecule has 0 spiro atoms. The van der Waals surface area contributed by atoms with Gasteiger partial charge >= 0.3 is 0 Å². The summed E-state index contributed by atoms with van der Waals surface area (Å²) in [5.41, 5.74) is 0. The molecule has 3 heteroatoms. The Balaban J connectivity index is 1.62. The van der Waals surface area contributed by atoms with Crippen LogP contribution in [0.4, 0.5) is 0 Å². The molecule has 0 saturated heterocycles. The Kier molecular flexibility index (Phi) is 5.04. The smallest absolute Gasteiger partial charge is 0.171 e. The first-order valence-electron chi connectivity index (χ1n) is 13.1. The van der Waals surface area contributed by atoms with Gasteiger partial charge in [0, 0.05) is 36.1 Å². The molecular weight excluding hydrogens is 511 g/mol. The molecule has 184 valence electrons. The van der Waals surface area contributed by atoms with Crippen molar-refractivity contribution >= 4 is 86.9 Å². The lowest BCUT2D eigenvalue weighted by Crippen LogP contribution is -2.25. The maximum absolute atomic E-state index is 15.6. The van der Waals surface area contributed by atoms with Crippen LogP contribution in [0, 0.1) is 0 Å². The summed E-state index contributed by atoms with van der Waals surface area (Å²) in [4.78, 5) is 0. The molecule has 7 aromatic carbocycles. The number of hydrogen-bond acceptors (Lipinski definition) is 2. The van der Waals surface area contributed by atoms with Crippen LogP contribution >= 0.6 is 18.5 Å². The molecule has 0 amide bonds. The lowest BCUT2D eigenvalue weighted by atomic mass is 9.94. The Morgan fingerprint density at radius 3 is 1.69 bits per heavy atom. The number of thiophene rings is 1. The van der Waals surface area contributed by atoms with Crippen molar-refractivity contribution in [3.63, 3.8) is 0 Å². The minimum Gasteiger partial charge on any atom is -0.309 e. The fourth-order valence-electron chi connectivity index (χ4n) is 6.17. The van der Waals surface area contributed by atoms with Gasteiger partial charge in [0.25, 0.3) is 0 Å². The second-order valence-electron chi connectivity index (χ2n) is 10.0. The monoisotopic (exact) mass is 534 g/mol. The molecule has 39 heavy (non-hydrogen) atoms. The molecule has 0 radical (unpaired) electrons. The zero-order valence-corrected chi connectivity index (χ0v) is 22.8. The number of benzene rings is 7. The largest absolute Gasteiger partial charge is 0.309 e. The van der Waals surface area contributed by atoms with Crippen LogP contribution in [-0.2, 0) is 4.57 Å². The molecule has 0 unspecified atom stereocenters. The van der Waals surface area contributed by atoms with Crippen LogP contribution in [0.3, 0.4) is 0 Å². The predicted octanol–water partition coefficient (Wildman–Crippen LogP) is 9.15. The fraction of sp³-hybridized carbons (Fsp3) is 0. The minimum absolute atomic E-state index is 0.860. The summed E-state index contributed by atoms with van der Waals surface area (Å²) >= 11 is 1.79. The second-order valence-corrected chi connectivity index (χ2v) is 13.8. The zero-order valence-electron chi connectivity index (χ0n) is 21.0. The summed E-state index contributed by atoms with van der Waals surface area (Å²) in [5.74, 6) is 0. The van der Waals surface area contributed by atoms with Crippen molar-refractivity contribution in [1.29, 1.82) is 0 Å². The molecule has 1 heterocycles. The first-order valence-corrected chi connectivity index (χ1v) is 15.7. The highest BCUT2D eigenvalue weighted by atomic mass is 32.1. The van der Waals surface area contributed by atoms with E-state index in [4.69, 9.17) is 0 Å². The SMILES string of the molecule is O=P(c1ccccc1)(c1ccccc1)c1cccc2sc3ccc4ccc5ccc6ccccc6c5c4c3c12. The number of fused-ring (bicyclic) bond motifs is 9. The van der Waals surface area contributed by atoms with Gasteiger partial charge in [0.15, 0.2) is 7.14 Å². The molecule has 0 N–H and O–H groups in total. The molecule has 0 aliphatic heterocycles. The highest BCUT2D eigenvalue weighted by molar-refractivity contribution is 7.85. The van der Waals surface area contributed by atoms with Gasteiger partial charge in [0.2, 0.25) is 0 Å². The number of hydrogen-bond donors (Lipinski definition) is 0. The van der Waals surface area contributed by atoms with Crippen molar-refractivity contribution in [1.82, 2.24) is 0 Å². The van der Waals surface area contributed by atoms with Crippen molar-refractivity contribution in [3.8, 4) is 0 Å². The zero-order chi connectivity index (χ0) is 26.0. The first kappa shape index (κ1) is 22.7.